The van der Waals surface area contributed by atoms with Gasteiger partial charge in [0.2, 0.25) is 0 Å². The third-order valence-electron chi connectivity index (χ3n) is 4.11. The highest BCUT2D eigenvalue weighted by Gasteiger charge is 2.26. The molecular formula is C16H23NO2. The first kappa shape index (κ1) is 14.1. The normalized spacial score (nSPS) is 24.2. The van der Waals surface area contributed by atoms with E-state index in [0.717, 1.165) is 11.3 Å². The average Bonchev–Trinajstić information content (AvgIpc) is 2.43. The van der Waals surface area contributed by atoms with Crippen LogP contribution < -0.4 is 4.74 Å². The maximum Gasteiger partial charge on any atom is 0.176 e. The van der Waals surface area contributed by atoms with Crippen molar-refractivity contribution in [3.63, 3.8) is 0 Å². The molecule has 0 bridgehead atoms. The molecule has 1 fully saturated rings. The van der Waals surface area contributed by atoms with Crippen LogP contribution in [0, 0.1) is 0 Å². The van der Waals surface area contributed by atoms with Crippen LogP contribution in [0.15, 0.2) is 24.3 Å². The zero-order chi connectivity index (χ0) is 13.8. The van der Waals surface area contributed by atoms with Crippen LogP contribution >= 0.6 is 0 Å². The Bertz CT molecular complexity index is 417. The summed E-state index contributed by atoms with van der Waals surface area (Å²) in [4.78, 5) is 14.7. The SMILES string of the molecule is COc1ccc(C(=O)CN2[C@H](C)CCC[C@H]2C)cc1. The van der Waals surface area contributed by atoms with Crippen molar-refractivity contribution in [3.8, 4) is 5.75 Å². The summed E-state index contributed by atoms with van der Waals surface area (Å²) < 4.78 is 5.11. The quantitative estimate of drug-likeness (QED) is 0.780. The predicted octanol–water partition coefficient (Wildman–Crippen LogP) is 3.14. The van der Waals surface area contributed by atoms with Gasteiger partial charge in [-0.25, -0.2) is 0 Å². The summed E-state index contributed by atoms with van der Waals surface area (Å²) in [5, 5.41) is 0. The number of Topliss-reactive ketones (excluding diaryl/α,β-unsaturated/α-hetero) is 1. The molecule has 2 atom stereocenters. The van der Waals surface area contributed by atoms with Gasteiger partial charge in [0, 0.05) is 17.6 Å². The van der Waals surface area contributed by atoms with Gasteiger partial charge >= 0.3 is 0 Å². The summed E-state index contributed by atoms with van der Waals surface area (Å²) in [6, 6.07) is 8.39. The summed E-state index contributed by atoms with van der Waals surface area (Å²) in [5.41, 5.74) is 0.769. The number of ether oxygens (including phenoxy) is 1. The first-order valence-electron chi connectivity index (χ1n) is 7.05. The molecule has 1 saturated heterocycles. The Kier molecular flexibility index (Phi) is 4.59. The van der Waals surface area contributed by atoms with Crippen LogP contribution in [0.5, 0.6) is 5.75 Å². The predicted molar refractivity (Wildman–Crippen MR) is 76.8 cm³/mol. The van der Waals surface area contributed by atoms with E-state index in [4.69, 9.17) is 4.74 Å². The molecule has 1 aromatic rings. The smallest absolute Gasteiger partial charge is 0.176 e. The van der Waals surface area contributed by atoms with Gasteiger partial charge in [-0.05, 0) is 51.0 Å². The van der Waals surface area contributed by atoms with Gasteiger partial charge in [0.15, 0.2) is 5.78 Å². The third-order valence-corrected chi connectivity index (χ3v) is 4.11. The Morgan fingerprint density at radius 1 is 1.21 bits per heavy atom. The lowest BCUT2D eigenvalue weighted by Crippen LogP contribution is -2.46. The first-order chi connectivity index (χ1) is 9.11. The third kappa shape index (κ3) is 3.35. The number of piperidine rings is 1. The molecule has 0 amide bonds. The lowest BCUT2D eigenvalue weighted by Gasteiger charge is -2.38. The number of carbonyl (C=O) groups excluding carboxylic acids is 1. The highest BCUT2D eigenvalue weighted by Crippen LogP contribution is 2.23. The van der Waals surface area contributed by atoms with E-state index in [1.165, 1.54) is 19.3 Å². The molecule has 0 N–H and O–H groups in total. The van der Waals surface area contributed by atoms with Crippen molar-refractivity contribution in [1.82, 2.24) is 4.90 Å². The number of benzene rings is 1. The zero-order valence-corrected chi connectivity index (χ0v) is 12.1. The number of carbonyl (C=O) groups is 1. The Labute approximate surface area is 115 Å². The lowest BCUT2D eigenvalue weighted by atomic mass is 9.96. The number of methoxy groups -OCH3 is 1. The lowest BCUT2D eigenvalue weighted by molar-refractivity contribution is 0.0734. The fourth-order valence-corrected chi connectivity index (χ4v) is 2.82. The fraction of sp³-hybridized carbons (Fsp3) is 0.562. The number of hydrogen-bond donors (Lipinski definition) is 0. The number of ketones is 1. The summed E-state index contributed by atoms with van der Waals surface area (Å²) in [5.74, 6) is 0.986. The minimum Gasteiger partial charge on any atom is -0.497 e. The number of rotatable bonds is 4. The van der Waals surface area contributed by atoms with E-state index in [9.17, 15) is 4.79 Å². The molecule has 3 heteroatoms. The molecule has 0 spiro atoms. The molecule has 19 heavy (non-hydrogen) atoms. The molecule has 0 aromatic heterocycles. The molecule has 0 saturated carbocycles. The van der Waals surface area contributed by atoms with E-state index in [1.54, 1.807) is 7.11 Å². The van der Waals surface area contributed by atoms with E-state index >= 15 is 0 Å². The van der Waals surface area contributed by atoms with Gasteiger partial charge in [0.1, 0.15) is 5.75 Å². The minimum absolute atomic E-state index is 0.197. The maximum absolute atomic E-state index is 12.3. The van der Waals surface area contributed by atoms with Crippen molar-refractivity contribution >= 4 is 5.78 Å². The van der Waals surface area contributed by atoms with Gasteiger partial charge in [-0.1, -0.05) is 6.42 Å². The van der Waals surface area contributed by atoms with Crippen LogP contribution in [0.4, 0.5) is 0 Å². The maximum atomic E-state index is 12.3. The van der Waals surface area contributed by atoms with Crippen molar-refractivity contribution in [3.05, 3.63) is 29.8 Å². The van der Waals surface area contributed by atoms with Gasteiger partial charge in [-0.15, -0.1) is 0 Å². The second-order valence-corrected chi connectivity index (χ2v) is 5.45. The number of likely N-dealkylation sites (tertiary alicyclic amines) is 1. The zero-order valence-electron chi connectivity index (χ0n) is 12.1. The molecule has 1 aromatic carbocycles. The Hall–Kier alpha value is -1.35. The second kappa shape index (κ2) is 6.20. The second-order valence-electron chi connectivity index (χ2n) is 5.45. The molecule has 0 radical (unpaired) electrons. The van der Waals surface area contributed by atoms with Gasteiger partial charge in [0.05, 0.1) is 13.7 Å². The summed E-state index contributed by atoms with van der Waals surface area (Å²) in [6.07, 6.45) is 3.66. The standard InChI is InChI=1S/C16H23NO2/c1-12-5-4-6-13(2)17(12)11-16(18)14-7-9-15(19-3)10-8-14/h7-10,12-13H,4-6,11H2,1-3H3/t12-,13-/m1/s1. The molecule has 2 rings (SSSR count). The highest BCUT2D eigenvalue weighted by atomic mass is 16.5. The van der Waals surface area contributed by atoms with E-state index in [-0.39, 0.29) is 5.78 Å². The van der Waals surface area contributed by atoms with Crippen molar-refractivity contribution in [2.24, 2.45) is 0 Å². The van der Waals surface area contributed by atoms with Gasteiger partial charge in [-0.3, -0.25) is 9.69 Å². The van der Waals surface area contributed by atoms with Crippen LogP contribution in [-0.4, -0.2) is 36.4 Å². The molecule has 1 aliphatic rings. The van der Waals surface area contributed by atoms with Crippen LogP contribution in [0.2, 0.25) is 0 Å². The van der Waals surface area contributed by atoms with Crippen LogP contribution in [0.1, 0.15) is 43.5 Å². The van der Waals surface area contributed by atoms with Gasteiger partial charge in [0.25, 0.3) is 0 Å². The van der Waals surface area contributed by atoms with E-state index in [2.05, 4.69) is 18.7 Å². The molecule has 0 aliphatic carbocycles. The minimum atomic E-state index is 0.197. The first-order valence-corrected chi connectivity index (χ1v) is 7.05. The largest absolute Gasteiger partial charge is 0.497 e. The van der Waals surface area contributed by atoms with Crippen molar-refractivity contribution in [2.45, 2.75) is 45.2 Å². The molecule has 104 valence electrons. The Balaban J connectivity index is 2.02. The fourth-order valence-electron chi connectivity index (χ4n) is 2.82. The topological polar surface area (TPSA) is 29.5 Å². The number of nitrogens with zero attached hydrogens (tertiary/aromatic N) is 1. The van der Waals surface area contributed by atoms with Gasteiger partial charge in [-0.2, -0.15) is 0 Å². The van der Waals surface area contributed by atoms with Crippen molar-refractivity contribution in [2.75, 3.05) is 13.7 Å². The number of hydrogen-bond acceptors (Lipinski definition) is 3. The van der Waals surface area contributed by atoms with E-state index < -0.39 is 0 Å². The van der Waals surface area contributed by atoms with Crippen LogP contribution in [0.3, 0.4) is 0 Å². The van der Waals surface area contributed by atoms with E-state index in [0.29, 0.717) is 18.6 Å². The summed E-state index contributed by atoms with van der Waals surface area (Å²) in [7, 11) is 1.63. The molecule has 3 nitrogen and oxygen atoms in total. The van der Waals surface area contributed by atoms with E-state index in [1.807, 2.05) is 24.3 Å². The highest BCUT2D eigenvalue weighted by molar-refractivity contribution is 5.97. The van der Waals surface area contributed by atoms with Gasteiger partial charge < -0.3 is 4.74 Å². The Morgan fingerprint density at radius 2 is 1.79 bits per heavy atom. The summed E-state index contributed by atoms with van der Waals surface area (Å²) in [6.45, 7) is 4.96. The Morgan fingerprint density at radius 3 is 2.32 bits per heavy atom. The average molecular weight is 261 g/mol. The summed E-state index contributed by atoms with van der Waals surface area (Å²) >= 11 is 0. The molecule has 0 unspecified atom stereocenters. The van der Waals surface area contributed by atoms with Crippen molar-refractivity contribution in [1.29, 1.82) is 0 Å². The van der Waals surface area contributed by atoms with Crippen LogP contribution in [-0.2, 0) is 0 Å². The van der Waals surface area contributed by atoms with Crippen molar-refractivity contribution < 1.29 is 9.53 Å². The molecule has 1 heterocycles. The molecular weight excluding hydrogens is 238 g/mol. The molecule has 1 aliphatic heterocycles. The monoisotopic (exact) mass is 261 g/mol. The van der Waals surface area contributed by atoms with Crippen LogP contribution in [0.25, 0.3) is 0 Å².